The Morgan fingerprint density at radius 1 is 0.774 bits per heavy atom. The van der Waals surface area contributed by atoms with E-state index < -0.39 is 42.1 Å². The predicted molar refractivity (Wildman–Crippen MR) is 206 cm³/mol. The maximum absolute atomic E-state index is 14.2. The summed E-state index contributed by atoms with van der Waals surface area (Å²) in [6.07, 6.45) is 2.62. The first-order chi connectivity index (χ1) is 25.5. The molecule has 2 unspecified atom stereocenters. The van der Waals surface area contributed by atoms with Gasteiger partial charge in [-0.1, -0.05) is 113 Å². The number of alkyl carbamates (subject to hydrolysis) is 1. The third-order valence-electron chi connectivity index (χ3n) is 9.18. The van der Waals surface area contributed by atoms with Gasteiger partial charge in [0, 0.05) is 31.8 Å². The van der Waals surface area contributed by atoms with Gasteiger partial charge in [-0.2, -0.15) is 0 Å². The molecule has 0 saturated heterocycles. The molecule has 4 aromatic rings. The highest BCUT2D eigenvalue weighted by Crippen LogP contribution is 2.20. The van der Waals surface area contributed by atoms with Crippen molar-refractivity contribution in [3.63, 3.8) is 0 Å². The van der Waals surface area contributed by atoms with Crippen molar-refractivity contribution in [2.24, 2.45) is 11.8 Å². The van der Waals surface area contributed by atoms with E-state index in [2.05, 4.69) is 26.3 Å². The van der Waals surface area contributed by atoms with Gasteiger partial charge in [0.25, 0.3) is 0 Å². The average molecular weight is 724 g/mol. The van der Waals surface area contributed by atoms with Gasteiger partial charge in [-0.3, -0.25) is 19.4 Å². The molecule has 5 atom stereocenters. The van der Waals surface area contributed by atoms with Crippen LogP contribution in [0.4, 0.5) is 4.79 Å². The van der Waals surface area contributed by atoms with Gasteiger partial charge in [-0.05, 0) is 51.8 Å². The highest BCUT2D eigenvalue weighted by molar-refractivity contribution is 5.93. The van der Waals surface area contributed by atoms with Crippen LogP contribution >= 0.6 is 0 Å². The summed E-state index contributed by atoms with van der Waals surface area (Å²) in [5.74, 6) is -1.06. The summed E-state index contributed by atoms with van der Waals surface area (Å²) in [6.45, 7) is 8.51. The van der Waals surface area contributed by atoms with Gasteiger partial charge in [0.15, 0.2) is 0 Å². The first-order valence-electron chi connectivity index (χ1n) is 18.4. The number of hydrogen-bond donors (Lipinski definition) is 5. The van der Waals surface area contributed by atoms with Crippen LogP contribution in [0.1, 0.15) is 63.6 Å². The molecule has 5 N–H and O–H groups in total. The zero-order valence-corrected chi connectivity index (χ0v) is 31.1. The van der Waals surface area contributed by atoms with Crippen molar-refractivity contribution in [1.29, 1.82) is 0 Å². The lowest BCUT2D eigenvalue weighted by molar-refractivity contribution is -0.131. The smallest absolute Gasteiger partial charge is 0.408 e. The molecule has 1 heterocycles. The minimum absolute atomic E-state index is 0.0105. The van der Waals surface area contributed by atoms with Crippen LogP contribution in [0.5, 0.6) is 0 Å². The maximum atomic E-state index is 14.2. The molecule has 53 heavy (non-hydrogen) atoms. The van der Waals surface area contributed by atoms with Crippen LogP contribution in [0.2, 0.25) is 0 Å². The highest BCUT2D eigenvalue weighted by Gasteiger charge is 2.31. The third kappa shape index (κ3) is 13.3. The van der Waals surface area contributed by atoms with Gasteiger partial charge < -0.3 is 31.1 Å². The predicted octanol–water partition coefficient (Wildman–Crippen LogP) is 5.24. The number of pyridine rings is 1. The quantitative estimate of drug-likeness (QED) is 0.0885. The molecular weight excluding hydrogens is 670 g/mol. The van der Waals surface area contributed by atoms with Crippen molar-refractivity contribution < 1.29 is 29.0 Å². The molecule has 11 nitrogen and oxygen atoms in total. The van der Waals surface area contributed by atoms with Crippen LogP contribution < -0.4 is 21.3 Å². The maximum Gasteiger partial charge on any atom is 0.408 e. The van der Waals surface area contributed by atoms with Crippen molar-refractivity contribution >= 4 is 34.6 Å². The Balaban J connectivity index is 1.56. The summed E-state index contributed by atoms with van der Waals surface area (Å²) in [6, 6.07) is 23.3. The van der Waals surface area contributed by atoms with E-state index in [1.54, 1.807) is 24.5 Å². The summed E-state index contributed by atoms with van der Waals surface area (Å²) >= 11 is 0. The lowest BCUT2D eigenvalue weighted by atomic mass is 9.95. The summed E-state index contributed by atoms with van der Waals surface area (Å²) in [5, 5.41) is 24.5. The van der Waals surface area contributed by atoms with Crippen LogP contribution in [0.25, 0.3) is 10.8 Å². The molecule has 4 rings (SSSR count). The number of hydrogen-bond acceptors (Lipinski definition) is 7. The number of nitrogens with one attached hydrogen (secondary N) is 4. The van der Waals surface area contributed by atoms with Crippen molar-refractivity contribution in [2.45, 2.75) is 90.6 Å². The molecule has 0 saturated carbocycles. The van der Waals surface area contributed by atoms with E-state index in [1.165, 1.54) is 0 Å². The first kappa shape index (κ1) is 40.5. The summed E-state index contributed by atoms with van der Waals surface area (Å²) in [7, 11) is 0. The second kappa shape index (κ2) is 20.7. The van der Waals surface area contributed by atoms with Crippen molar-refractivity contribution in [1.82, 2.24) is 26.3 Å². The Hall–Kier alpha value is -5.29. The Kier molecular flexibility index (Phi) is 15.8. The number of rotatable bonds is 19. The fourth-order valence-corrected chi connectivity index (χ4v) is 5.98. The molecule has 1 aromatic heterocycles. The number of nitrogens with zero attached hydrogens (tertiary/aromatic N) is 1. The van der Waals surface area contributed by atoms with E-state index in [-0.39, 0.29) is 37.7 Å². The monoisotopic (exact) mass is 723 g/mol. The summed E-state index contributed by atoms with van der Waals surface area (Å²) in [5.41, 5.74) is 2.31. The number of amides is 4. The Morgan fingerprint density at radius 2 is 1.45 bits per heavy atom. The topological polar surface area (TPSA) is 159 Å². The third-order valence-corrected chi connectivity index (χ3v) is 9.18. The Bertz CT molecular complexity index is 1760. The number of fused-ring (bicyclic) bond motifs is 1. The van der Waals surface area contributed by atoms with Gasteiger partial charge in [-0.15, -0.1) is 0 Å². The number of aliphatic hydroxyl groups excluding tert-OH is 1. The molecule has 282 valence electrons. The van der Waals surface area contributed by atoms with Crippen LogP contribution in [0.3, 0.4) is 0 Å². The normalized spacial score (nSPS) is 14.0. The van der Waals surface area contributed by atoms with Gasteiger partial charge in [0.1, 0.15) is 18.7 Å². The first-order valence-corrected chi connectivity index (χ1v) is 18.4. The summed E-state index contributed by atoms with van der Waals surface area (Å²) in [4.78, 5) is 58.3. The zero-order chi connectivity index (χ0) is 38.2. The van der Waals surface area contributed by atoms with Crippen LogP contribution in [0, 0.1) is 11.8 Å². The van der Waals surface area contributed by atoms with Crippen molar-refractivity contribution in [3.8, 4) is 0 Å². The minimum Gasteiger partial charge on any atom is -0.445 e. The highest BCUT2D eigenvalue weighted by atomic mass is 16.5. The van der Waals surface area contributed by atoms with Crippen LogP contribution in [0.15, 0.2) is 97.3 Å². The Morgan fingerprint density at radius 3 is 2.17 bits per heavy atom. The fraction of sp³-hybridized carbons (Fsp3) is 0.405. The van der Waals surface area contributed by atoms with E-state index in [1.807, 2.05) is 100 Å². The fourth-order valence-electron chi connectivity index (χ4n) is 5.98. The van der Waals surface area contributed by atoms with Gasteiger partial charge in [0.2, 0.25) is 17.7 Å². The number of carbonyl (C=O) groups is 4. The molecule has 0 spiro atoms. The molecule has 0 aliphatic heterocycles. The second-order valence-electron chi connectivity index (χ2n) is 14.1. The molecule has 11 heteroatoms. The van der Waals surface area contributed by atoms with Gasteiger partial charge in [-0.25, -0.2) is 4.79 Å². The number of benzene rings is 3. The van der Waals surface area contributed by atoms with E-state index in [0.29, 0.717) is 24.4 Å². The molecule has 0 radical (unpaired) electrons. The number of ether oxygens (including phenoxy) is 1. The molecule has 4 amide bonds. The average Bonchev–Trinajstić information content (AvgIpc) is 3.16. The standard InChI is InChI=1S/C42H53N5O6/c1-5-29(4)25-44-39(49)24-38(48)35(21-28(2)3)45-40(50)36(22-31-15-12-20-43-26-31)46-41(51)37(47-42(52)53-27-30-13-7-6-8-14-30)23-33-18-11-17-32-16-9-10-19-34(32)33/h6-20,26,28-29,35-38,48H,5,21-25,27H2,1-4H3,(H,44,49)(H,45,50)(H,46,51)(H,47,52)/t29?,35-,36?,37-,38-/m0/s1. The van der Waals surface area contributed by atoms with E-state index in [4.69, 9.17) is 4.74 Å². The molecule has 3 aromatic carbocycles. The molecule has 0 bridgehead atoms. The minimum atomic E-state index is -1.16. The van der Waals surface area contributed by atoms with Gasteiger partial charge >= 0.3 is 6.09 Å². The molecule has 0 aliphatic rings. The van der Waals surface area contributed by atoms with E-state index >= 15 is 0 Å². The second-order valence-corrected chi connectivity index (χ2v) is 14.1. The number of carbonyl (C=O) groups excluding carboxylic acids is 4. The molecule has 0 fully saturated rings. The van der Waals surface area contributed by atoms with E-state index in [9.17, 15) is 24.3 Å². The van der Waals surface area contributed by atoms with Gasteiger partial charge in [0.05, 0.1) is 18.6 Å². The van der Waals surface area contributed by atoms with E-state index in [0.717, 1.165) is 28.3 Å². The lowest BCUT2D eigenvalue weighted by Crippen LogP contribution is -2.57. The van der Waals surface area contributed by atoms with Crippen LogP contribution in [-0.4, -0.2) is 64.7 Å². The molecular formula is C42H53N5O6. The Labute approximate surface area is 312 Å². The zero-order valence-electron chi connectivity index (χ0n) is 31.1. The molecule has 0 aliphatic carbocycles. The largest absolute Gasteiger partial charge is 0.445 e. The van der Waals surface area contributed by atoms with Crippen molar-refractivity contribution in [2.75, 3.05) is 6.54 Å². The van der Waals surface area contributed by atoms with Crippen molar-refractivity contribution in [3.05, 3.63) is 114 Å². The number of aliphatic hydroxyl groups is 1. The SMILES string of the molecule is CCC(C)CNC(=O)C[C@H](O)[C@H](CC(C)C)NC(=O)C(Cc1cccnc1)NC(=O)[C@H](Cc1cccc2ccccc12)NC(=O)OCc1ccccc1. The summed E-state index contributed by atoms with van der Waals surface area (Å²) < 4.78 is 5.49. The lowest BCUT2D eigenvalue weighted by Gasteiger charge is -2.29. The number of aromatic nitrogens is 1. The van der Waals surface area contributed by atoms with Crippen LogP contribution in [-0.2, 0) is 38.6 Å².